The van der Waals surface area contributed by atoms with E-state index in [2.05, 4.69) is 20.9 Å². The number of hydrogen-bond acceptors (Lipinski definition) is 5. The summed E-state index contributed by atoms with van der Waals surface area (Å²) in [5.41, 5.74) is 2.13. The summed E-state index contributed by atoms with van der Waals surface area (Å²) in [6, 6.07) is 18.8. The molecule has 1 aromatic heterocycles. The number of rotatable bonds is 5. The van der Waals surface area contributed by atoms with Crippen molar-refractivity contribution in [3.8, 4) is 5.75 Å². The van der Waals surface area contributed by atoms with Gasteiger partial charge in [-0.2, -0.15) is 0 Å². The van der Waals surface area contributed by atoms with Crippen LogP contribution in [0.15, 0.2) is 86.5 Å². The first kappa shape index (κ1) is 17.3. The largest absolute Gasteiger partial charge is 0.489 e. The zero-order chi connectivity index (χ0) is 18.6. The molecule has 0 unspecified atom stereocenters. The highest BCUT2D eigenvalue weighted by molar-refractivity contribution is 9.10. The van der Waals surface area contributed by atoms with Gasteiger partial charge in [-0.1, -0.05) is 40.2 Å². The van der Waals surface area contributed by atoms with E-state index in [-0.39, 0.29) is 11.6 Å². The molecule has 3 aromatic rings. The number of furan rings is 1. The molecule has 6 heteroatoms. The van der Waals surface area contributed by atoms with Gasteiger partial charge in [0, 0.05) is 4.47 Å². The summed E-state index contributed by atoms with van der Waals surface area (Å²) in [5, 5.41) is 0. The maximum atomic E-state index is 12.0. The molecule has 1 aliphatic heterocycles. The van der Waals surface area contributed by atoms with Crippen molar-refractivity contribution >= 4 is 33.9 Å². The van der Waals surface area contributed by atoms with E-state index in [4.69, 9.17) is 13.9 Å². The van der Waals surface area contributed by atoms with E-state index in [9.17, 15) is 4.79 Å². The lowest BCUT2D eigenvalue weighted by Crippen LogP contribution is -2.04. The minimum absolute atomic E-state index is 0.172. The third-order valence-electron chi connectivity index (χ3n) is 3.85. The van der Waals surface area contributed by atoms with E-state index in [1.54, 1.807) is 18.2 Å². The van der Waals surface area contributed by atoms with Crippen LogP contribution in [0.3, 0.4) is 0 Å². The third kappa shape index (κ3) is 4.17. The van der Waals surface area contributed by atoms with Crippen molar-refractivity contribution in [2.75, 3.05) is 0 Å². The number of carbonyl (C=O) groups is 1. The number of aliphatic imine (C=N–C) groups is 1. The Labute approximate surface area is 164 Å². The zero-order valence-corrected chi connectivity index (χ0v) is 15.7. The molecule has 0 aliphatic carbocycles. The van der Waals surface area contributed by atoms with Crippen LogP contribution in [0.1, 0.15) is 16.9 Å². The van der Waals surface area contributed by atoms with E-state index in [0.29, 0.717) is 12.4 Å². The molecule has 2 aromatic carbocycles. The third-order valence-corrected chi connectivity index (χ3v) is 4.38. The summed E-state index contributed by atoms with van der Waals surface area (Å²) in [4.78, 5) is 16.1. The number of nitrogens with zero attached hydrogens (tertiary/aromatic N) is 1. The number of cyclic esters (lactones) is 1. The fourth-order valence-electron chi connectivity index (χ4n) is 2.48. The van der Waals surface area contributed by atoms with Crippen molar-refractivity contribution in [1.29, 1.82) is 0 Å². The summed E-state index contributed by atoms with van der Waals surface area (Å²) in [6.45, 7) is 0.483. The Balaban J connectivity index is 1.43. The van der Waals surface area contributed by atoms with Crippen molar-refractivity contribution in [3.63, 3.8) is 0 Å². The maximum Gasteiger partial charge on any atom is 0.363 e. The highest BCUT2D eigenvalue weighted by Crippen LogP contribution is 2.21. The molecule has 1 aliphatic rings. The SMILES string of the molecule is O=C1OC(c2ccco2)=N/C1=C\c1ccc(OCc2ccc(Br)cc2)cc1. The van der Waals surface area contributed by atoms with Crippen LogP contribution >= 0.6 is 15.9 Å². The van der Waals surface area contributed by atoms with E-state index in [0.717, 1.165) is 21.3 Å². The summed E-state index contributed by atoms with van der Waals surface area (Å²) < 4.78 is 17.1. The van der Waals surface area contributed by atoms with Crippen LogP contribution in [-0.4, -0.2) is 11.9 Å². The summed E-state index contributed by atoms with van der Waals surface area (Å²) in [5.74, 6) is 0.833. The minimum atomic E-state index is -0.503. The van der Waals surface area contributed by atoms with Crippen molar-refractivity contribution in [2.24, 2.45) is 4.99 Å². The Bertz CT molecular complexity index is 1000. The van der Waals surface area contributed by atoms with E-state index in [1.165, 1.54) is 6.26 Å². The van der Waals surface area contributed by atoms with Gasteiger partial charge in [-0.05, 0) is 53.6 Å². The van der Waals surface area contributed by atoms with Gasteiger partial charge in [0.25, 0.3) is 5.90 Å². The van der Waals surface area contributed by atoms with Gasteiger partial charge in [0.2, 0.25) is 0 Å². The zero-order valence-electron chi connectivity index (χ0n) is 14.1. The lowest BCUT2D eigenvalue weighted by atomic mass is 10.2. The fourth-order valence-corrected chi connectivity index (χ4v) is 2.74. The van der Waals surface area contributed by atoms with Crippen molar-refractivity contribution in [2.45, 2.75) is 6.61 Å². The minimum Gasteiger partial charge on any atom is -0.489 e. The predicted molar refractivity (Wildman–Crippen MR) is 104 cm³/mol. The molecule has 0 N–H and O–H groups in total. The fraction of sp³-hybridized carbons (Fsp3) is 0.0476. The topological polar surface area (TPSA) is 61.0 Å². The first-order chi connectivity index (χ1) is 13.2. The van der Waals surface area contributed by atoms with Gasteiger partial charge in [-0.3, -0.25) is 0 Å². The molecule has 0 saturated carbocycles. The van der Waals surface area contributed by atoms with Crippen LogP contribution in [-0.2, 0) is 16.1 Å². The van der Waals surface area contributed by atoms with Crippen LogP contribution in [0.4, 0.5) is 0 Å². The standard InChI is InChI=1S/C21H14BrNO4/c22-16-7-3-15(4-8-16)13-26-17-9-5-14(6-10-17)12-18-21(24)27-20(23-18)19-2-1-11-25-19/h1-12H,13H2/b18-12-. The van der Waals surface area contributed by atoms with Gasteiger partial charge >= 0.3 is 5.97 Å². The lowest BCUT2D eigenvalue weighted by molar-refractivity contribution is -0.130. The molecule has 5 nitrogen and oxygen atoms in total. The second kappa shape index (κ2) is 7.63. The summed E-state index contributed by atoms with van der Waals surface area (Å²) in [7, 11) is 0. The first-order valence-corrected chi connectivity index (χ1v) is 9.00. The molecule has 0 saturated heterocycles. The van der Waals surface area contributed by atoms with E-state index >= 15 is 0 Å². The molecule has 0 spiro atoms. The lowest BCUT2D eigenvalue weighted by Gasteiger charge is -2.06. The van der Waals surface area contributed by atoms with Gasteiger partial charge in [0.05, 0.1) is 6.26 Å². The second-order valence-electron chi connectivity index (χ2n) is 5.80. The molecule has 4 rings (SSSR count). The number of carbonyl (C=O) groups excluding carboxylic acids is 1. The Hall–Kier alpha value is -3.12. The normalized spacial score (nSPS) is 14.9. The molecule has 0 fully saturated rings. The smallest absolute Gasteiger partial charge is 0.363 e. The van der Waals surface area contributed by atoms with Crippen LogP contribution in [0.25, 0.3) is 6.08 Å². The average molecular weight is 424 g/mol. The Kier molecular flexibility index (Phi) is 4.89. The first-order valence-electron chi connectivity index (χ1n) is 8.21. The number of benzene rings is 2. The molecule has 0 bridgehead atoms. The quantitative estimate of drug-likeness (QED) is 0.429. The average Bonchev–Trinajstić information content (AvgIpc) is 3.33. The van der Waals surface area contributed by atoms with Crippen molar-refractivity contribution < 1.29 is 18.7 Å². The van der Waals surface area contributed by atoms with E-state index in [1.807, 2.05) is 48.5 Å². The molecule has 2 heterocycles. The van der Waals surface area contributed by atoms with Gasteiger partial charge in [0.15, 0.2) is 11.5 Å². The van der Waals surface area contributed by atoms with Gasteiger partial charge in [-0.15, -0.1) is 0 Å². The van der Waals surface area contributed by atoms with Gasteiger partial charge < -0.3 is 13.9 Å². The molecular weight excluding hydrogens is 410 g/mol. The van der Waals surface area contributed by atoms with Crippen LogP contribution in [0, 0.1) is 0 Å². The second-order valence-corrected chi connectivity index (χ2v) is 6.71. The van der Waals surface area contributed by atoms with Gasteiger partial charge in [0.1, 0.15) is 12.4 Å². The van der Waals surface area contributed by atoms with Crippen LogP contribution in [0.2, 0.25) is 0 Å². The molecule has 134 valence electrons. The molecular formula is C21H14BrNO4. The number of hydrogen-bond donors (Lipinski definition) is 0. The predicted octanol–water partition coefficient (Wildman–Crippen LogP) is 4.97. The Morgan fingerprint density at radius 1 is 1.04 bits per heavy atom. The van der Waals surface area contributed by atoms with Crippen LogP contribution in [0.5, 0.6) is 5.75 Å². The monoisotopic (exact) mass is 423 g/mol. The summed E-state index contributed by atoms with van der Waals surface area (Å²) in [6.07, 6.45) is 3.16. The molecule has 0 radical (unpaired) electrons. The Morgan fingerprint density at radius 2 is 1.81 bits per heavy atom. The number of halogens is 1. The summed E-state index contributed by atoms with van der Waals surface area (Å²) >= 11 is 3.41. The van der Waals surface area contributed by atoms with Crippen LogP contribution < -0.4 is 4.74 Å². The molecule has 0 atom stereocenters. The molecule has 27 heavy (non-hydrogen) atoms. The van der Waals surface area contributed by atoms with E-state index < -0.39 is 5.97 Å². The van der Waals surface area contributed by atoms with Crippen molar-refractivity contribution in [3.05, 3.63) is 94.0 Å². The number of esters is 1. The highest BCUT2D eigenvalue weighted by Gasteiger charge is 2.25. The Morgan fingerprint density at radius 3 is 2.52 bits per heavy atom. The maximum absolute atomic E-state index is 12.0. The van der Waals surface area contributed by atoms with Crippen molar-refractivity contribution in [1.82, 2.24) is 0 Å². The van der Waals surface area contributed by atoms with Gasteiger partial charge in [-0.25, -0.2) is 9.79 Å². The highest BCUT2D eigenvalue weighted by atomic mass is 79.9. The molecule has 0 amide bonds. The number of ether oxygens (including phenoxy) is 2.